The van der Waals surface area contributed by atoms with Crippen molar-refractivity contribution in [2.45, 2.75) is 18.3 Å². The molecule has 0 aliphatic carbocycles. The quantitative estimate of drug-likeness (QED) is 0.777. The number of nitrogens with zero attached hydrogens (tertiary/aromatic N) is 2. The molecule has 1 aliphatic heterocycles. The van der Waals surface area contributed by atoms with Gasteiger partial charge in [-0.15, -0.1) is 0 Å². The van der Waals surface area contributed by atoms with Crippen LogP contribution in [0.15, 0.2) is 42.7 Å². The maximum absolute atomic E-state index is 13.2. The lowest BCUT2D eigenvalue weighted by molar-refractivity contribution is 0.0629. The van der Waals surface area contributed by atoms with Crippen LogP contribution in [-0.2, 0) is 4.74 Å². The molecular formula is C15H15FN2O. The maximum Gasteiger partial charge on any atom is 0.213 e. The Morgan fingerprint density at radius 3 is 2.79 bits per heavy atom. The van der Waals surface area contributed by atoms with E-state index < -0.39 is 5.95 Å². The highest BCUT2D eigenvalue weighted by molar-refractivity contribution is 5.19. The highest BCUT2D eigenvalue weighted by atomic mass is 19.1. The van der Waals surface area contributed by atoms with Crippen LogP contribution in [0.5, 0.6) is 0 Å². The summed E-state index contributed by atoms with van der Waals surface area (Å²) in [5, 5.41) is 0. The molecule has 3 nitrogen and oxygen atoms in total. The van der Waals surface area contributed by atoms with E-state index in [1.807, 2.05) is 18.3 Å². The fourth-order valence-corrected chi connectivity index (χ4v) is 2.54. The Bertz CT molecular complexity index is 547. The summed E-state index contributed by atoms with van der Waals surface area (Å²) in [7, 11) is 0. The van der Waals surface area contributed by atoms with Crippen LogP contribution in [0.3, 0.4) is 0 Å². The van der Waals surface area contributed by atoms with Crippen LogP contribution in [0.1, 0.15) is 29.5 Å². The van der Waals surface area contributed by atoms with Crippen molar-refractivity contribution >= 4 is 0 Å². The molecule has 2 unspecified atom stereocenters. The van der Waals surface area contributed by atoms with Crippen molar-refractivity contribution in [2.24, 2.45) is 0 Å². The normalized spacial score (nSPS) is 23.2. The molecule has 0 radical (unpaired) electrons. The molecule has 1 saturated heterocycles. The first kappa shape index (κ1) is 12.2. The first-order chi connectivity index (χ1) is 9.33. The summed E-state index contributed by atoms with van der Waals surface area (Å²) < 4.78 is 18.8. The van der Waals surface area contributed by atoms with Crippen LogP contribution in [0.4, 0.5) is 4.39 Å². The van der Waals surface area contributed by atoms with Gasteiger partial charge in [0.1, 0.15) is 0 Å². The number of pyridine rings is 2. The van der Waals surface area contributed by atoms with Gasteiger partial charge in [-0.1, -0.05) is 12.1 Å². The third-order valence-corrected chi connectivity index (χ3v) is 3.52. The Labute approximate surface area is 111 Å². The van der Waals surface area contributed by atoms with Gasteiger partial charge < -0.3 is 4.74 Å². The molecule has 1 fully saturated rings. The van der Waals surface area contributed by atoms with Gasteiger partial charge in [0.2, 0.25) is 5.95 Å². The topological polar surface area (TPSA) is 35.0 Å². The van der Waals surface area contributed by atoms with Gasteiger partial charge >= 0.3 is 0 Å². The van der Waals surface area contributed by atoms with Crippen molar-refractivity contribution in [1.29, 1.82) is 0 Å². The lowest BCUT2D eigenvalue weighted by Gasteiger charge is -2.29. The van der Waals surface area contributed by atoms with E-state index in [1.54, 1.807) is 12.3 Å². The van der Waals surface area contributed by atoms with E-state index in [-0.39, 0.29) is 5.92 Å². The van der Waals surface area contributed by atoms with E-state index in [1.165, 1.54) is 11.6 Å². The number of halogens is 1. The zero-order chi connectivity index (χ0) is 13.1. The van der Waals surface area contributed by atoms with Crippen LogP contribution in [0.2, 0.25) is 0 Å². The van der Waals surface area contributed by atoms with Crippen molar-refractivity contribution in [3.8, 4) is 0 Å². The lowest BCUT2D eigenvalue weighted by Crippen LogP contribution is -2.23. The first-order valence-corrected chi connectivity index (χ1v) is 6.43. The minimum absolute atomic E-state index is 0.148. The molecule has 0 saturated carbocycles. The molecule has 0 aromatic carbocycles. The molecule has 1 aliphatic rings. The standard InChI is InChI=1S/C15H15FN2O/c16-15-5-1-4-14(18-15)13-7-12(9-19-10-13)11-3-2-6-17-8-11/h1-6,8,12-13H,7,9-10H2. The van der Waals surface area contributed by atoms with Gasteiger partial charge in [-0.05, 0) is 30.2 Å². The van der Waals surface area contributed by atoms with Gasteiger partial charge in [-0.25, -0.2) is 4.98 Å². The summed E-state index contributed by atoms with van der Waals surface area (Å²) in [6, 6.07) is 8.92. The molecule has 0 spiro atoms. The molecule has 0 amide bonds. The molecule has 0 bridgehead atoms. The van der Waals surface area contributed by atoms with E-state index >= 15 is 0 Å². The fourth-order valence-electron chi connectivity index (χ4n) is 2.54. The molecule has 4 heteroatoms. The van der Waals surface area contributed by atoms with Crippen molar-refractivity contribution in [3.63, 3.8) is 0 Å². The summed E-state index contributed by atoms with van der Waals surface area (Å²) in [6.45, 7) is 1.30. The second-order valence-corrected chi connectivity index (χ2v) is 4.84. The summed E-state index contributed by atoms with van der Waals surface area (Å²) in [4.78, 5) is 8.10. The van der Waals surface area contributed by atoms with Crippen LogP contribution in [-0.4, -0.2) is 23.2 Å². The van der Waals surface area contributed by atoms with Crippen LogP contribution >= 0.6 is 0 Å². The molecule has 3 heterocycles. The molecule has 2 aromatic rings. The second kappa shape index (κ2) is 5.45. The van der Waals surface area contributed by atoms with E-state index in [0.717, 1.165) is 12.1 Å². The predicted octanol–water partition coefficient (Wildman–Crippen LogP) is 2.90. The highest BCUT2D eigenvalue weighted by Crippen LogP contribution is 2.33. The van der Waals surface area contributed by atoms with Crippen LogP contribution < -0.4 is 0 Å². The first-order valence-electron chi connectivity index (χ1n) is 6.43. The van der Waals surface area contributed by atoms with Gasteiger partial charge in [0.25, 0.3) is 0 Å². The Hall–Kier alpha value is -1.81. The number of rotatable bonds is 2. The largest absolute Gasteiger partial charge is 0.380 e. The van der Waals surface area contributed by atoms with E-state index in [0.29, 0.717) is 19.1 Å². The zero-order valence-electron chi connectivity index (χ0n) is 10.5. The second-order valence-electron chi connectivity index (χ2n) is 4.84. The molecule has 3 rings (SSSR count). The highest BCUT2D eigenvalue weighted by Gasteiger charge is 2.26. The summed E-state index contributed by atoms with van der Waals surface area (Å²) >= 11 is 0. The molecule has 19 heavy (non-hydrogen) atoms. The molecular weight excluding hydrogens is 243 g/mol. The molecule has 0 N–H and O–H groups in total. The maximum atomic E-state index is 13.2. The fraction of sp³-hybridized carbons (Fsp3) is 0.333. The monoisotopic (exact) mass is 258 g/mol. The van der Waals surface area contributed by atoms with Gasteiger partial charge in [-0.3, -0.25) is 4.98 Å². The average molecular weight is 258 g/mol. The minimum Gasteiger partial charge on any atom is -0.380 e. The minimum atomic E-state index is -0.430. The van der Waals surface area contributed by atoms with E-state index in [9.17, 15) is 4.39 Å². The van der Waals surface area contributed by atoms with Crippen molar-refractivity contribution in [1.82, 2.24) is 9.97 Å². The Balaban J connectivity index is 1.78. The third kappa shape index (κ3) is 2.79. The summed E-state index contributed by atoms with van der Waals surface area (Å²) in [5.41, 5.74) is 1.94. The van der Waals surface area contributed by atoms with Gasteiger partial charge in [0.15, 0.2) is 0 Å². The molecule has 2 atom stereocenters. The van der Waals surface area contributed by atoms with Gasteiger partial charge in [0, 0.05) is 29.9 Å². The van der Waals surface area contributed by atoms with Gasteiger partial charge in [0.05, 0.1) is 13.2 Å². The zero-order valence-corrected chi connectivity index (χ0v) is 10.5. The average Bonchev–Trinajstić information content (AvgIpc) is 2.48. The predicted molar refractivity (Wildman–Crippen MR) is 69.4 cm³/mol. The van der Waals surface area contributed by atoms with Gasteiger partial charge in [-0.2, -0.15) is 4.39 Å². The van der Waals surface area contributed by atoms with Crippen LogP contribution in [0, 0.1) is 5.95 Å². The molecule has 98 valence electrons. The smallest absolute Gasteiger partial charge is 0.213 e. The number of hydrogen-bond donors (Lipinski definition) is 0. The van der Waals surface area contributed by atoms with Crippen molar-refractivity contribution < 1.29 is 9.13 Å². The summed E-state index contributed by atoms with van der Waals surface area (Å²) in [5.74, 6) is 0.0215. The number of ether oxygens (including phenoxy) is 1. The molecule has 2 aromatic heterocycles. The van der Waals surface area contributed by atoms with Crippen LogP contribution in [0.25, 0.3) is 0 Å². The number of hydrogen-bond acceptors (Lipinski definition) is 3. The lowest BCUT2D eigenvalue weighted by atomic mass is 9.86. The van der Waals surface area contributed by atoms with E-state index in [2.05, 4.69) is 16.0 Å². The Morgan fingerprint density at radius 2 is 2.00 bits per heavy atom. The Morgan fingerprint density at radius 1 is 1.11 bits per heavy atom. The van der Waals surface area contributed by atoms with Crippen molar-refractivity contribution in [2.75, 3.05) is 13.2 Å². The Kier molecular flexibility index (Phi) is 3.51. The SMILES string of the molecule is Fc1cccc(C2COCC(c3cccnc3)C2)n1. The third-order valence-electron chi connectivity index (χ3n) is 3.52. The number of aromatic nitrogens is 2. The summed E-state index contributed by atoms with van der Waals surface area (Å²) in [6.07, 6.45) is 4.55. The van der Waals surface area contributed by atoms with E-state index in [4.69, 9.17) is 4.74 Å². The van der Waals surface area contributed by atoms with Crippen molar-refractivity contribution in [3.05, 3.63) is 59.9 Å².